The van der Waals surface area contributed by atoms with Crippen LogP contribution in [0.15, 0.2) is 41.3 Å². The van der Waals surface area contributed by atoms with E-state index in [2.05, 4.69) is 15.0 Å². The van der Waals surface area contributed by atoms with Crippen LogP contribution in [0.4, 0.5) is 0 Å². The van der Waals surface area contributed by atoms with Crippen LogP contribution >= 0.6 is 0 Å². The van der Waals surface area contributed by atoms with Gasteiger partial charge < -0.3 is 4.74 Å². The van der Waals surface area contributed by atoms with E-state index in [0.29, 0.717) is 12.3 Å². The molecule has 2 aromatic rings. The van der Waals surface area contributed by atoms with Crippen LogP contribution in [-0.2, 0) is 0 Å². The lowest BCUT2D eigenvalue weighted by Gasteiger charge is -2.17. The van der Waals surface area contributed by atoms with Gasteiger partial charge in [-0.25, -0.2) is 0 Å². The molecular formula is C12H8N4O. The molecule has 1 aliphatic heterocycles. The molecule has 17 heavy (non-hydrogen) atoms. The van der Waals surface area contributed by atoms with Crippen molar-refractivity contribution < 1.29 is 4.74 Å². The minimum Gasteiger partial charge on any atom is -0.488 e. The van der Waals surface area contributed by atoms with Crippen LogP contribution in [0.1, 0.15) is 5.56 Å². The molecule has 0 spiro atoms. The summed E-state index contributed by atoms with van der Waals surface area (Å²) in [6.07, 6.45) is 3.59. The molecular weight excluding hydrogens is 216 g/mol. The van der Waals surface area contributed by atoms with E-state index in [1.807, 2.05) is 30.3 Å². The Hall–Kier alpha value is -2.52. The first-order chi connectivity index (χ1) is 8.38. The number of hydrogen-bond acceptors (Lipinski definition) is 3. The molecule has 0 saturated carbocycles. The van der Waals surface area contributed by atoms with Crippen molar-refractivity contribution in [2.75, 3.05) is 6.61 Å². The highest BCUT2D eigenvalue weighted by Gasteiger charge is 2.13. The highest BCUT2D eigenvalue weighted by atomic mass is 16.5. The number of aromatic nitrogens is 1. The van der Waals surface area contributed by atoms with Crippen LogP contribution in [0, 0.1) is 0 Å². The summed E-state index contributed by atoms with van der Waals surface area (Å²) in [4.78, 5) is 7.02. The molecule has 82 valence electrons. The number of pyridine rings is 1. The number of hydrogen-bond donors (Lipinski definition) is 0. The summed E-state index contributed by atoms with van der Waals surface area (Å²) >= 11 is 0. The Kier molecular flexibility index (Phi) is 2.17. The molecule has 0 amide bonds. The summed E-state index contributed by atoms with van der Waals surface area (Å²) in [5, 5.41) is 4.54. The van der Waals surface area contributed by atoms with Crippen molar-refractivity contribution in [3.63, 3.8) is 0 Å². The first kappa shape index (κ1) is 9.69. The third-order valence-corrected chi connectivity index (χ3v) is 2.63. The topological polar surface area (TPSA) is 70.9 Å². The van der Waals surface area contributed by atoms with Crippen molar-refractivity contribution in [1.29, 1.82) is 0 Å². The Bertz CT molecular complexity index is 671. The van der Waals surface area contributed by atoms with Gasteiger partial charge in [0.2, 0.25) is 0 Å². The van der Waals surface area contributed by atoms with E-state index in [9.17, 15) is 0 Å². The second-order valence-corrected chi connectivity index (χ2v) is 3.67. The largest absolute Gasteiger partial charge is 0.488 e. The summed E-state index contributed by atoms with van der Waals surface area (Å²) in [5.74, 6) is 0.799. The van der Waals surface area contributed by atoms with Gasteiger partial charge in [0.15, 0.2) is 0 Å². The number of ether oxygens (including phenoxy) is 1. The lowest BCUT2D eigenvalue weighted by atomic mass is 10.1. The van der Waals surface area contributed by atoms with Gasteiger partial charge in [0.25, 0.3) is 0 Å². The zero-order chi connectivity index (χ0) is 11.7. The molecule has 1 aromatic heterocycles. The van der Waals surface area contributed by atoms with Crippen LogP contribution in [-0.4, -0.2) is 11.6 Å². The van der Waals surface area contributed by atoms with Crippen molar-refractivity contribution in [1.82, 2.24) is 4.98 Å². The van der Waals surface area contributed by atoms with Gasteiger partial charge in [0.05, 0.1) is 11.2 Å². The molecule has 1 aromatic carbocycles. The predicted octanol–water partition coefficient (Wildman–Crippen LogP) is 3.28. The van der Waals surface area contributed by atoms with Gasteiger partial charge in [0.1, 0.15) is 12.4 Å². The number of benzene rings is 1. The molecule has 0 radical (unpaired) electrons. The average Bonchev–Trinajstić information content (AvgIpc) is 2.39. The van der Waals surface area contributed by atoms with E-state index >= 15 is 0 Å². The average molecular weight is 224 g/mol. The number of nitrogens with zero attached hydrogens (tertiary/aromatic N) is 4. The summed E-state index contributed by atoms with van der Waals surface area (Å²) in [7, 11) is 0. The fraction of sp³-hybridized carbons (Fsp3) is 0.0833. The molecule has 0 atom stereocenters. The Morgan fingerprint density at radius 1 is 1.35 bits per heavy atom. The maximum Gasteiger partial charge on any atom is 0.136 e. The first-order valence-corrected chi connectivity index (χ1v) is 5.15. The minimum atomic E-state index is 0.297. The fourth-order valence-corrected chi connectivity index (χ4v) is 1.90. The van der Waals surface area contributed by atoms with Gasteiger partial charge in [-0.05, 0) is 35.9 Å². The molecule has 2 heterocycles. The standard InChI is InChI=1S/C12H8N4O/c13-16-15-9-6-8-3-4-11-10(2-1-5-14-11)12(8)17-7-9/h1-6H,7H2. The molecule has 3 rings (SSSR count). The van der Waals surface area contributed by atoms with Gasteiger partial charge >= 0.3 is 0 Å². The Labute approximate surface area is 97.0 Å². The molecule has 0 unspecified atom stereocenters. The van der Waals surface area contributed by atoms with Gasteiger partial charge in [-0.2, -0.15) is 0 Å². The first-order valence-electron chi connectivity index (χ1n) is 5.15. The van der Waals surface area contributed by atoms with Crippen molar-refractivity contribution in [3.8, 4) is 5.75 Å². The Morgan fingerprint density at radius 2 is 2.29 bits per heavy atom. The number of rotatable bonds is 1. The van der Waals surface area contributed by atoms with Gasteiger partial charge in [-0.3, -0.25) is 4.98 Å². The Balaban J connectivity index is 2.24. The van der Waals surface area contributed by atoms with E-state index < -0.39 is 0 Å². The molecule has 0 saturated heterocycles. The maximum absolute atomic E-state index is 8.39. The predicted molar refractivity (Wildman–Crippen MR) is 64.4 cm³/mol. The van der Waals surface area contributed by atoms with Crippen LogP contribution in [0.25, 0.3) is 27.4 Å². The lowest BCUT2D eigenvalue weighted by molar-refractivity contribution is 0.350. The molecule has 0 aliphatic carbocycles. The van der Waals surface area contributed by atoms with E-state index in [0.717, 1.165) is 22.2 Å². The second kappa shape index (κ2) is 3.81. The number of azide groups is 1. The SMILES string of the molecule is [N-]=[N+]=NC1=Cc2ccc3ncccc3c2OC1. The molecule has 5 nitrogen and oxygen atoms in total. The molecule has 5 heteroatoms. The molecule has 1 aliphatic rings. The maximum atomic E-state index is 8.39. The van der Waals surface area contributed by atoms with Crippen LogP contribution in [0.2, 0.25) is 0 Å². The zero-order valence-corrected chi connectivity index (χ0v) is 8.87. The minimum absolute atomic E-state index is 0.297. The molecule has 0 fully saturated rings. The van der Waals surface area contributed by atoms with Crippen molar-refractivity contribution in [2.24, 2.45) is 5.11 Å². The summed E-state index contributed by atoms with van der Waals surface area (Å²) in [6, 6.07) is 7.68. The van der Waals surface area contributed by atoms with E-state index in [1.54, 1.807) is 6.20 Å². The van der Waals surface area contributed by atoms with Crippen LogP contribution < -0.4 is 4.74 Å². The summed E-state index contributed by atoms with van der Waals surface area (Å²) in [6.45, 7) is 0.297. The van der Waals surface area contributed by atoms with Crippen molar-refractivity contribution in [3.05, 3.63) is 52.2 Å². The van der Waals surface area contributed by atoms with Gasteiger partial charge in [-0.1, -0.05) is 5.11 Å². The highest BCUT2D eigenvalue weighted by Crippen LogP contribution is 2.33. The normalized spacial score (nSPS) is 13.3. The quantitative estimate of drug-likeness (QED) is 0.423. The zero-order valence-electron chi connectivity index (χ0n) is 8.87. The Morgan fingerprint density at radius 3 is 3.18 bits per heavy atom. The van der Waals surface area contributed by atoms with E-state index in [-0.39, 0.29) is 0 Å². The van der Waals surface area contributed by atoms with Crippen LogP contribution in [0.5, 0.6) is 5.75 Å². The van der Waals surface area contributed by atoms with Crippen molar-refractivity contribution >= 4 is 17.0 Å². The summed E-state index contributed by atoms with van der Waals surface area (Å²) in [5.41, 5.74) is 10.8. The monoisotopic (exact) mass is 224 g/mol. The molecule has 0 bridgehead atoms. The third kappa shape index (κ3) is 1.58. The van der Waals surface area contributed by atoms with Gasteiger partial charge in [0, 0.05) is 22.1 Å². The lowest BCUT2D eigenvalue weighted by Crippen LogP contribution is -2.06. The van der Waals surface area contributed by atoms with Crippen molar-refractivity contribution in [2.45, 2.75) is 0 Å². The number of fused-ring (bicyclic) bond motifs is 3. The smallest absolute Gasteiger partial charge is 0.136 e. The fourth-order valence-electron chi connectivity index (χ4n) is 1.90. The highest BCUT2D eigenvalue weighted by molar-refractivity contribution is 5.89. The third-order valence-electron chi connectivity index (χ3n) is 2.63. The second-order valence-electron chi connectivity index (χ2n) is 3.67. The van der Waals surface area contributed by atoms with E-state index in [1.165, 1.54) is 0 Å². The van der Waals surface area contributed by atoms with E-state index in [4.69, 9.17) is 10.3 Å². The summed E-state index contributed by atoms with van der Waals surface area (Å²) < 4.78 is 5.63. The van der Waals surface area contributed by atoms with Crippen LogP contribution in [0.3, 0.4) is 0 Å². The van der Waals surface area contributed by atoms with Gasteiger partial charge in [-0.15, -0.1) is 0 Å². The molecule has 0 N–H and O–H groups in total.